The van der Waals surface area contributed by atoms with Crippen LogP contribution in [-0.2, 0) is 9.59 Å². The van der Waals surface area contributed by atoms with Gasteiger partial charge in [0.15, 0.2) is 0 Å². The number of hydrogen-bond acceptors (Lipinski definition) is 3. The third-order valence-electron chi connectivity index (χ3n) is 4.74. The Bertz CT molecular complexity index is 810. The number of hydrogen-bond donors (Lipinski definition) is 2. The average Bonchev–Trinajstić information content (AvgIpc) is 2.66. The van der Waals surface area contributed by atoms with Crippen LogP contribution in [-0.4, -0.2) is 36.3 Å². The lowest BCUT2D eigenvalue weighted by Crippen LogP contribution is -2.44. The summed E-state index contributed by atoms with van der Waals surface area (Å²) in [5.41, 5.74) is 2.81. The Hall–Kier alpha value is -1.93. The Balaban J connectivity index is 1.52. The Morgan fingerprint density at radius 2 is 1.89 bits per heavy atom. The number of likely N-dealkylation sites (tertiary alicyclic amines) is 1. The zero-order valence-electron chi connectivity index (χ0n) is 15.4. The van der Waals surface area contributed by atoms with Gasteiger partial charge in [-0.15, -0.1) is 0 Å². The minimum atomic E-state index is -0.0907. The Kier molecular flexibility index (Phi) is 6.84. The minimum absolute atomic E-state index is 0.0272. The fourth-order valence-corrected chi connectivity index (χ4v) is 3.77. The molecule has 3 rings (SSSR count). The summed E-state index contributed by atoms with van der Waals surface area (Å²) in [4.78, 5) is 27.0. The first-order valence-corrected chi connectivity index (χ1v) is 10.2. The van der Waals surface area contributed by atoms with Gasteiger partial charge in [0.05, 0.1) is 12.5 Å². The molecule has 5 nitrogen and oxygen atoms in total. The van der Waals surface area contributed by atoms with Gasteiger partial charge in [-0.2, -0.15) is 0 Å². The average molecular weight is 477 g/mol. The van der Waals surface area contributed by atoms with Gasteiger partial charge in [0.1, 0.15) is 0 Å². The summed E-state index contributed by atoms with van der Waals surface area (Å²) in [5.74, 6) is -0.106. The molecule has 1 saturated heterocycles. The molecular weight excluding hydrogens is 453 g/mol. The van der Waals surface area contributed by atoms with E-state index in [1.807, 2.05) is 55.5 Å². The van der Waals surface area contributed by atoms with E-state index >= 15 is 0 Å². The van der Waals surface area contributed by atoms with Gasteiger partial charge in [-0.05, 0) is 78.7 Å². The molecule has 2 amide bonds. The second-order valence-electron chi connectivity index (χ2n) is 6.94. The number of nitrogens with one attached hydrogen (secondary N) is 2. The molecule has 1 fully saturated rings. The van der Waals surface area contributed by atoms with Crippen molar-refractivity contribution in [3.63, 3.8) is 0 Å². The van der Waals surface area contributed by atoms with Crippen LogP contribution >= 0.6 is 22.6 Å². The molecule has 27 heavy (non-hydrogen) atoms. The molecular formula is C21H24IN3O2. The van der Waals surface area contributed by atoms with Gasteiger partial charge in [0.2, 0.25) is 11.8 Å². The molecule has 0 bridgehead atoms. The Labute approximate surface area is 173 Å². The minimum Gasteiger partial charge on any atom is -0.326 e. The molecule has 1 aliphatic rings. The second kappa shape index (κ2) is 9.32. The van der Waals surface area contributed by atoms with Crippen LogP contribution < -0.4 is 10.6 Å². The molecule has 0 spiro atoms. The van der Waals surface area contributed by atoms with Crippen molar-refractivity contribution in [1.82, 2.24) is 4.90 Å². The highest BCUT2D eigenvalue weighted by molar-refractivity contribution is 14.1. The first-order chi connectivity index (χ1) is 13.0. The van der Waals surface area contributed by atoms with E-state index in [1.165, 1.54) is 5.56 Å². The van der Waals surface area contributed by atoms with Crippen molar-refractivity contribution in [3.05, 3.63) is 57.7 Å². The highest BCUT2D eigenvalue weighted by atomic mass is 127. The molecule has 1 unspecified atom stereocenters. The first-order valence-electron chi connectivity index (χ1n) is 9.15. The summed E-state index contributed by atoms with van der Waals surface area (Å²) < 4.78 is 1.13. The van der Waals surface area contributed by atoms with E-state index in [-0.39, 0.29) is 17.7 Å². The van der Waals surface area contributed by atoms with Crippen LogP contribution in [0, 0.1) is 16.4 Å². The summed E-state index contributed by atoms with van der Waals surface area (Å²) in [6.45, 7) is 3.80. The number of halogens is 1. The molecule has 0 saturated carbocycles. The van der Waals surface area contributed by atoms with Gasteiger partial charge < -0.3 is 10.6 Å². The standard InChI is InChI=1S/C21H24IN3O2/c1-15-9-10-18(12-19(15)22)23-20(26)14-25-11-5-6-16(13-25)21(27)24-17-7-3-2-4-8-17/h2-4,7-10,12,16H,5-6,11,13-14H2,1H3,(H,23,26)(H,24,27). The van der Waals surface area contributed by atoms with Gasteiger partial charge >= 0.3 is 0 Å². The summed E-state index contributed by atoms with van der Waals surface area (Å²) in [5, 5.41) is 5.93. The molecule has 2 aromatic carbocycles. The van der Waals surface area contributed by atoms with Crippen molar-refractivity contribution in [2.75, 3.05) is 30.3 Å². The number of amides is 2. The Morgan fingerprint density at radius 3 is 2.63 bits per heavy atom. The van der Waals surface area contributed by atoms with Crippen LogP contribution in [0.25, 0.3) is 0 Å². The van der Waals surface area contributed by atoms with Crippen molar-refractivity contribution in [2.45, 2.75) is 19.8 Å². The fraction of sp³-hybridized carbons (Fsp3) is 0.333. The smallest absolute Gasteiger partial charge is 0.238 e. The van der Waals surface area contributed by atoms with E-state index in [0.29, 0.717) is 13.1 Å². The quantitative estimate of drug-likeness (QED) is 0.643. The number of carbonyl (C=O) groups excluding carboxylic acids is 2. The van der Waals surface area contributed by atoms with Gasteiger partial charge in [-0.3, -0.25) is 14.5 Å². The summed E-state index contributed by atoms with van der Waals surface area (Å²) in [6, 6.07) is 15.4. The van der Waals surface area contributed by atoms with Crippen LogP contribution in [0.2, 0.25) is 0 Å². The maximum Gasteiger partial charge on any atom is 0.238 e. The van der Waals surface area contributed by atoms with Crippen LogP contribution in [0.3, 0.4) is 0 Å². The molecule has 1 atom stereocenters. The van der Waals surface area contributed by atoms with Gasteiger partial charge in [0.25, 0.3) is 0 Å². The SMILES string of the molecule is Cc1ccc(NC(=O)CN2CCCC(C(=O)Nc3ccccc3)C2)cc1I. The number of rotatable bonds is 5. The first kappa shape index (κ1) is 19.8. The molecule has 0 radical (unpaired) electrons. The van der Waals surface area contributed by atoms with Crippen molar-refractivity contribution in [2.24, 2.45) is 5.92 Å². The normalized spacial score (nSPS) is 17.3. The van der Waals surface area contributed by atoms with Crippen LogP contribution in [0.1, 0.15) is 18.4 Å². The van der Waals surface area contributed by atoms with E-state index in [1.54, 1.807) is 0 Å². The lowest BCUT2D eigenvalue weighted by molar-refractivity contribution is -0.123. The van der Waals surface area contributed by atoms with Crippen molar-refractivity contribution >= 4 is 45.8 Å². The monoisotopic (exact) mass is 477 g/mol. The lowest BCUT2D eigenvalue weighted by atomic mass is 9.97. The molecule has 1 heterocycles. The number of para-hydroxylation sites is 1. The van der Waals surface area contributed by atoms with Crippen LogP contribution in [0.5, 0.6) is 0 Å². The van der Waals surface area contributed by atoms with Gasteiger partial charge in [-0.25, -0.2) is 0 Å². The topological polar surface area (TPSA) is 61.4 Å². The maximum atomic E-state index is 12.5. The lowest BCUT2D eigenvalue weighted by Gasteiger charge is -2.31. The summed E-state index contributed by atoms with van der Waals surface area (Å²) in [6.07, 6.45) is 1.77. The molecule has 142 valence electrons. The zero-order valence-corrected chi connectivity index (χ0v) is 17.5. The number of piperidine rings is 1. The second-order valence-corrected chi connectivity index (χ2v) is 8.10. The van der Waals surface area contributed by atoms with Crippen molar-refractivity contribution in [3.8, 4) is 0 Å². The predicted octanol–water partition coefficient (Wildman–Crippen LogP) is 3.89. The fourth-order valence-electron chi connectivity index (χ4n) is 3.25. The van der Waals surface area contributed by atoms with E-state index in [0.717, 1.165) is 34.3 Å². The third kappa shape index (κ3) is 5.77. The van der Waals surface area contributed by atoms with E-state index < -0.39 is 0 Å². The largest absolute Gasteiger partial charge is 0.326 e. The highest BCUT2D eigenvalue weighted by Crippen LogP contribution is 2.20. The molecule has 0 aromatic heterocycles. The van der Waals surface area contributed by atoms with E-state index in [9.17, 15) is 9.59 Å². The number of aryl methyl sites for hydroxylation is 1. The molecule has 6 heteroatoms. The molecule has 1 aliphatic heterocycles. The summed E-state index contributed by atoms with van der Waals surface area (Å²) >= 11 is 2.26. The third-order valence-corrected chi connectivity index (χ3v) is 5.90. The zero-order chi connectivity index (χ0) is 19.2. The van der Waals surface area contributed by atoms with Crippen LogP contribution in [0.15, 0.2) is 48.5 Å². The van der Waals surface area contributed by atoms with Crippen LogP contribution in [0.4, 0.5) is 11.4 Å². The van der Waals surface area contributed by atoms with E-state index in [2.05, 4.69) is 38.1 Å². The van der Waals surface area contributed by atoms with Gasteiger partial charge in [0, 0.05) is 21.5 Å². The highest BCUT2D eigenvalue weighted by Gasteiger charge is 2.26. The predicted molar refractivity (Wildman–Crippen MR) is 117 cm³/mol. The molecule has 2 N–H and O–H groups in total. The number of anilines is 2. The number of carbonyl (C=O) groups is 2. The number of benzene rings is 2. The van der Waals surface area contributed by atoms with Crippen molar-refractivity contribution < 1.29 is 9.59 Å². The summed E-state index contributed by atoms with van der Waals surface area (Å²) in [7, 11) is 0. The Morgan fingerprint density at radius 1 is 1.11 bits per heavy atom. The molecule has 0 aliphatic carbocycles. The maximum absolute atomic E-state index is 12.5. The number of nitrogens with zero attached hydrogens (tertiary/aromatic N) is 1. The van der Waals surface area contributed by atoms with Gasteiger partial charge in [-0.1, -0.05) is 24.3 Å². The van der Waals surface area contributed by atoms with E-state index in [4.69, 9.17) is 0 Å². The molecule has 2 aromatic rings. The van der Waals surface area contributed by atoms with Crippen molar-refractivity contribution in [1.29, 1.82) is 0 Å².